The fourth-order valence-corrected chi connectivity index (χ4v) is 3.77. The number of anilines is 1. The van der Waals surface area contributed by atoms with E-state index in [2.05, 4.69) is 11.9 Å². The van der Waals surface area contributed by atoms with Crippen molar-refractivity contribution in [2.24, 2.45) is 0 Å². The summed E-state index contributed by atoms with van der Waals surface area (Å²) in [5, 5.41) is 13.7. The number of likely N-dealkylation sites (N-methyl/N-ethyl adjacent to an activating group) is 1. The molecule has 0 spiro atoms. The van der Waals surface area contributed by atoms with Crippen LogP contribution in [-0.2, 0) is 17.6 Å². The molecule has 1 unspecified atom stereocenters. The molecule has 0 aliphatic heterocycles. The first kappa shape index (κ1) is 26.5. The monoisotopic (exact) mass is 487 g/mol. The van der Waals surface area contributed by atoms with Gasteiger partial charge in [-0.25, -0.2) is 9.86 Å². The van der Waals surface area contributed by atoms with Crippen molar-refractivity contribution in [2.75, 3.05) is 25.1 Å². The molecule has 0 aromatic heterocycles. The molecule has 0 aliphatic carbocycles. The van der Waals surface area contributed by atoms with E-state index in [0.717, 1.165) is 16.7 Å². The quantitative estimate of drug-likeness (QED) is 0.232. The zero-order chi connectivity index (χ0) is 25.9. The molecule has 0 fully saturated rings. The molecule has 2 N–H and O–H groups in total. The van der Waals surface area contributed by atoms with E-state index in [1.165, 1.54) is 4.90 Å². The van der Waals surface area contributed by atoms with E-state index in [4.69, 9.17) is 4.74 Å². The number of hydroxylamine groups is 2. The van der Waals surface area contributed by atoms with Crippen molar-refractivity contribution in [1.29, 1.82) is 0 Å². The Bertz CT molecular complexity index is 1150. The Morgan fingerprint density at radius 1 is 1.03 bits per heavy atom. The van der Waals surface area contributed by atoms with Crippen molar-refractivity contribution in [2.45, 2.75) is 25.8 Å². The second-order valence-corrected chi connectivity index (χ2v) is 8.48. The molecule has 7 heteroatoms. The van der Waals surface area contributed by atoms with Gasteiger partial charge in [0.05, 0.1) is 6.54 Å². The number of urea groups is 1. The number of rotatable bonds is 11. The number of nitrogens with one attached hydrogen (secondary N) is 1. The molecule has 0 aliphatic rings. The van der Waals surface area contributed by atoms with Crippen LogP contribution in [0.4, 0.5) is 10.5 Å². The topological polar surface area (TPSA) is 82.1 Å². The third-order valence-electron chi connectivity index (χ3n) is 5.89. The normalized spacial score (nSPS) is 11.3. The number of ether oxygens (including phenoxy) is 1. The SMILES string of the molecule is C=CCOc1ccc(N(C)C(=O)C(Cc2ccccc2)NC(=O)N(O)CCc2ccccc2C)cc1. The summed E-state index contributed by atoms with van der Waals surface area (Å²) < 4.78 is 5.51. The maximum Gasteiger partial charge on any atom is 0.341 e. The number of hydrogen-bond donors (Lipinski definition) is 2. The molecular formula is C29H33N3O4. The third kappa shape index (κ3) is 7.45. The minimum absolute atomic E-state index is 0.102. The second kappa shape index (κ2) is 13.1. The van der Waals surface area contributed by atoms with Crippen molar-refractivity contribution in [3.63, 3.8) is 0 Å². The molecule has 0 saturated heterocycles. The van der Waals surface area contributed by atoms with Crippen LogP contribution in [0.3, 0.4) is 0 Å². The van der Waals surface area contributed by atoms with Crippen LogP contribution in [0.2, 0.25) is 0 Å². The van der Waals surface area contributed by atoms with Crippen LogP contribution in [0.5, 0.6) is 5.75 Å². The molecule has 0 radical (unpaired) electrons. The molecule has 3 aromatic carbocycles. The summed E-state index contributed by atoms with van der Waals surface area (Å²) in [4.78, 5) is 27.8. The number of nitrogens with zero attached hydrogens (tertiary/aromatic N) is 2. The van der Waals surface area contributed by atoms with Gasteiger partial charge in [-0.1, -0.05) is 67.3 Å². The highest BCUT2D eigenvalue weighted by Gasteiger charge is 2.27. The zero-order valence-corrected chi connectivity index (χ0v) is 20.8. The molecule has 3 rings (SSSR count). The highest BCUT2D eigenvalue weighted by Crippen LogP contribution is 2.20. The molecule has 3 amide bonds. The molecule has 0 heterocycles. The molecule has 188 valence electrons. The molecular weight excluding hydrogens is 454 g/mol. The van der Waals surface area contributed by atoms with Crippen LogP contribution in [0.15, 0.2) is 91.5 Å². The highest BCUT2D eigenvalue weighted by atomic mass is 16.5. The van der Waals surface area contributed by atoms with Gasteiger partial charge in [0.15, 0.2) is 0 Å². The van der Waals surface area contributed by atoms with Gasteiger partial charge in [-0.05, 0) is 54.3 Å². The fraction of sp³-hybridized carbons (Fsp3) is 0.241. The lowest BCUT2D eigenvalue weighted by molar-refractivity contribution is -0.120. The van der Waals surface area contributed by atoms with Crippen LogP contribution >= 0.6 is 0 Å². The van der Waals surface area contributed by atoms with Crippen LogP contribution in [0.1, 0.15) is 16.7 Å². The zero-order valence-electron chi connectivity index (χ0n) is 20.8. The lowest BCUT2D eigenvalue weighted by Crippen LogP contribution is -2.52. The lowest BCUT2D eigenvalue weighted by Gasteiger charge is -2.26. The maximum absolute atomic E-state index is 13.5. The van der Waals surface area contributed by atoms with Crippen molar-refractivity contribution < 1.29 is 19.5 Å². The Hall–Kier alpha value is -4.10. The summed E-state index contributed by atoms with van der Waals surface area (Å²) in [7, 11) is 1.65. The van der Waals surface area contributed by atoms with Gasteiger partial charge < -0.3 is 15.0 Å². The minimum Gasteiger partial charge on any atom is -0.490 e. The largest absolute Gasteiger partial charge is 0.490 e. The predicted octanol–water partition coefficient (Wildman–Crippen LogP) is 4.78. The van der Waals surface area contributed by atoms with Crippen molar-refractivity contribution in [1.82, 2.24) is 10.4 Å². The summed E-state index contributed by atoms with van der Waals surface area (Å²) in [5.74, 6) is 0.359. The summed E-state index contributed by atoms with van der Waals surface area (Å²) in [5.41, 5.74) is 3.67. The maximum atomic E-state index is 13.5. The van der Waals surface area contributed by atoms with E-state index in [1.54, 1.807) is 37.4 Å². The van der Waals surface area contributed by atoms with Crippen LogP contribution in [-0.4, -0.2) is 48.4 Å². The van der Waals surface area contributed by atoms with Gasteiger partial charge in [0.1, 0.15) is 18.4 Å². The molecule has 7 nitrogen and oxygen atoms in total. The van der Waals surface area contributed by atoms with Crippen molar-refractivity contribution in [3.8, 4) is 5.75 Å². The average Bonchev–Trinajstić information content (AvgIpc) is 2.91. The Kier molecular flexibility index (Phi) is 9.65. The van der Waals surface area contributed by atoms with Crippen molar-refractivity contribution >= 4 is 17.6 Å². The predicted molar refractivity (Wildman–Crippen MR) is 141 cm³/mol. The van der Waals surface area contributed by atoms with Gasteiger partial charge in [-0.3, -0.25) is 10.0 Å². The van der Waals surface area contributed by atoms with E-state index in [0.29, 0.717) is 29.5 Å². The number of amides is 3. The second-order valence-electron chi connectivity index (χ2n) is 8.48. The lowest BCUT2D eigenvalue weighted by atomic mass is 10.0. The number of carbonyl (C=O) groups excluding carboxylic acids is 2. The molecule has 1 atom stereocenters. The Morgan fingerprint density at radius 3 is 2.36 bits per heavy atom. The van der Waals surface area contributed by atoms with E-state index >= 15 is 0 Å². The first-order valence-corrected chi connectivity index (χ1v) is 11.9. The number of benzene rings is 3. The third-order valence-corrected chi connectivity index (χ3v) is 5.89. The Balaban J connectivity index is 1.70. The highest BCUT2D eigenvalue weighted by molar-refractivity contribution is 5.98. The number of aryl methyl sites for hydroxylation is 1. The van der Waals surface area contributed by atoms with Crippen molar-refractivity contribution in [3.05, 3.63) is 108 Å². The van der Waals surface area contributed by atoms with E-state index in [1.807, 2.05) is 61.5 Å². The first-order valence-electron chi connectivity index (χ1n) is 11.9. The Morgan fingerprint density at radius 2 is 1.69 bits per heavy atom. The van der Waals surface area contributed by atoms with Gasteiger partial charge in [-0.2, -0.15) is 0 Å². The number of carbonyl (C=O) groups is 2. The van der Waals surface area contributed by atoms with Gasteiger partial charge in [-0.15, -0.1) is 0 Å². The molecule has 0 bridgehead atoms. The summed E-state index contributed by atoms with van der Waals surface area (Å²) in [6, 6.07) is 22.8. The Labute approximate surface area is 212 Å². The van der Waals surface area contributed by atoms with Gasteiger partial charge >= 0.3 is 6.03 Å². The minimum atomic E-state index is -0.880. The number of hydrogen-bond acceptors (Lipinski definition) is 4. The molecule has 36 heavy (non-hydrogen) atoms. The van der Waals surface area contributed by atoms with Gasteiger partial charge in [0.2, 0.25) is 5.91 Å². The van der Waals surface area contributed by atoms with E-state index in [-0.39, 0.29) is 18.9 Å². The van der Waals surface area contributed by atoms with Crippen LogP contribution in [0.25, 0.3) is 0 Å². The van der Waals surface area contributed by atoms with Gasteiger partial charge in [0, 0.05) is 19.2 Å². The summed E-state index contributed by atoms with van der Waals surface area (Å²) in [6.45, 7) is 6.11. The summed E-state index contributed by atoms with van der Waals surface area (Å²) >= 11 is 0. The van der Waals surface area contributed by atoms with E-state index in [9.17, 15) is 14.8 Å². The fourth-order valence-electron chi connectivity index (χ4n) is 3.77. The standard InChI is InChI=1S/C29H33N3O4/c1-4-20-36-26-16-14-25(15-17-26)31(3)28(33)27(21-23-11-6-5-7-12-23)30-29(34)32(35)19-18-24-13-9-8-10-22(24)2/h4-17,27,35H,1,18-21H2,2-3H3,(H,30,34). The molecule has 0 saturated carbocycles. The smallest absolute Gasteiger partial charge is 0.341 e. The van der Waals surface area contributed by atoms with Gasteiger partial charge in [0.25, 0.3) is 0 Å². The average molecular weight is 488 g/mol. The van der Waals surface area contributed by atoms with Crippen LogP contribution in [0, 0.1) is 6.92 Å². The summed E-state index contributed by atoms with van der Waals surface area (Å²) in [6.07, 6.45) is 2.43. The molecule has 3 aromatic rings. The van der Waals surface area contributed by atoms with Crippen LogP contribution < -0.4 is 15.0 Å². The van der Waals surface area contributed by atoms with E-state index < -0.39 is 12.1 Å². The first-order chi connectivity index (χ1) is 17.4.